The van der Waals surface area contributed by atoms with Crippen LogP contribution in [0.4, 0.5) is 16.0 Å². The quantitative estimate of drug-likeness (QED) is 0.461. The number of aryl methyl sites for hydroxylation is 1. The average Bonchev–Trinajstić information content (AvgIpc) is 2.75. The number of sulfonamides is 1. The number of nitrogens with one attached hydrogen (secondary N) is 1. The molecule has 3 N–H and O–H groups in total. The Labute approximate surface area is 190 Å². The number of rotatable bonds is 5. The summed E-state index contributed by atoms with van der Waals surface area (Å²) in [4.78, 5) is 21.8. The number of halogens is 1. The van der Waals surface area contributed by atoms with E-state index < -0.39 is 15.0 Å². The van der Waals surface area contributed by atoms with Gasteiger partial charge in [-0.3, -0.25) is 14.5 Å². The fourth-order valence-electron chi connectivity index (χ4n) is 3.27. The van der Waals surface area contributed by atoms with Crippen molar-refractivity contribution in [1.82, 2.24) is 14.5 Å². The molecule has 10 heteroatoms. The molecule has 2 aromatic heterocycles. The van der Waals surface area contributed by atoms with Gasteiger partial charge in [-0.2, -0.15) is 0 Å². The number of hydrogen-bond donors (Lipinski definition) is 2. The number of hydrogen-bond acceptors (Lipinski definition) is 6. The van der Waals surface area contributed by atoms with Crippen LogP contribution in [0, 0.1) is 6.92 Å². The van der Waals surface area contributed by atoms with Gasteiger partial charge in [0.05, 0.1) is 28.0 Å². The van der Waals surface area contributed by atoms with E-state index in [4.69, 9.17) is 5.73 Å². The number of anilines is 2. The first-order chi connectivity index (χ1) is 15.5. The van der Waals surface area contributed by atoms with E-state index in [2.05, 4.69) is 14.7 Å². The first kappa shape index (κ1) is 22.4. The number of pyridine rings is 1. The van der Waals surface area contributed by atoms with Gasteiger partial charge in [0, 0.05) is 11.8 Å². The van der Waals surface area contributed by atoms with Crippen LogP contribution in [-0.4, -0.2) is 28.0 Å². The molecule has 0 radical (unpaired) electrons. The van der Waals surface area contributed by atoms with Gasteiger partial charge < -0.3 is 5.73 Å². The van der Waals surface area contributed by atoms with Crippen LogP contribution in [0.5, 0.6) is 0 Å². The Hall–Kier alpha value is -3.79. The van der Waals surface area contributed by atoms with Gasteiger partial charge in [-0.15, -0.1) is 0 Å². The first-order valence-corrected chi connectivity index (χ1v) is 11.5. The van der Waals surface area contributed by atoms with Gasteiger partial charge in [0.25, 0.3) is 15.6 Å². The van der Waals surface area contributed by atoms with E-state index in [-0.39, 0.29) is 17.2 Å². The molecule has 0 amide bonds. The van der Waals surface area contributed by atoms with E-state index in [1.807, 2.05) is 6.07 Å². The van der Waals surface area contributed by atoms with Gasteiger partial charge in [0.1, 0.15) is 0 Å². The van der Waals surface area contributed by atoms with Gasteiger partial charge in [-0.1, -0.05) is 24.3 Å². The molecule has 0 bridgehead atoms. The zero-order chi connectivity index (χ0) is 24.0. The van der Waals surface area contributed by atoms with Crippen molar-refractivity contribution in [3.05, 3.63) is 76.8 Å². The Morgan fingerprint density at radius 2 is 1.76 bits per heavy atom. The Bertz CT molecular complexity index is 1530. The van der Waals surface area contributed by atoms with E-state index in [1.54, 1.807) is 61.7 Å². The summed E-state index contributed by atoms with van der Waals surface area (Å²) < 4.78 is 42.2. The van der Waals surface area contributed by atoms with E-state index >= 15 is 0 Å². The molecule has 33 heavy (non-hydrogen) atoms. The van der Waals surface area contributed by atoms with Crippen LogP contribution in [0.25, 0.3) is 27.7 Å². The molecular formula is C23H22FN5O3S. The van der Waals surface area contributed by atoms with Crippen molar-refractivity contribution in [1.29, 1.82) is 0 Å². The van der Waals surface area contributed by atoms with Crippen molar-refractivity contribution in [2.75, 3.05) is 10.5 Å². The van der Waals surface area contributed by atoms with Crippen LogP contribution in [0.2, 0.25) is 0 Å². The predicted molar refractivity (Wildman–Crippen MR) is 127 cm³/mol. The molecule has 4 rings (SSSR count). The lowest BCUT2D eigenvalue weighted by Gasteiger charge is -2.18. The van der Waals surface area contributed by atoms with Gasteiger partial charge in [-0.25, -0.2) is 22.4 Å². The largest absolute Gasteiger partial charge is 0.369 e. The highest BCUT2D eigenvalue weighted by molar-refractivity contribution is 7.93. The topological polar surface area (TPSA) is 120 Å². The van der Waals surface area contributed by atoms with E-state index in [0.29, 0.717) is 33.4 Å². The number of benzene rings is 2. The molecule has 0 saturated carbocycles. The van der Waals surface area contributed by atoms with Crippen LogP contribution in [0.15, 0.2) is 65.6 Å². The smallest absolute Gasteiger partial charge is 0.267 e. The standard InChI is InChI=1S/C23H22FN5O3S/c1-14-20(28-33(31,32)23(2,3)24)12-16(13-26-14)15-9-10-19-18(11-15)21(30)29(22(25)27-19)17-7-5-4-6-8-17/h4-13,28H,1-3H3,(H2,25,27). The lowest BCUT2D eigenvalue weighted by atomic mass is 10.0. The summed E-state index contributed by atoms with van der Waals surface area (Å²) in [5.41, 5.74) is 8.40. The lowest BCUT2D eigenvalue weighted by molar-refractivity contribution is 0.321. The van der Waals surface area contributed by atoms with Crippen molar-refractivity contribution < 1.29 is 12.8 Å². The minimum atomic E-state index is -4.29. The maximum atomic E-state index is 14.1. The van der Waals surface area contributed by atoms with Crippen molar-refractivity contribution in [2.45, 2.75) is 25.8 Å². The molecule has 0 aliphatic heterocycles. The summed E-state index contributed by atoms with van der Waals surface area (Å²) in [6.07, 6.45) is 1.55. The molecule has 2 heterocycles. The van der Waals surface area contributed by atoms with Crippen LogP contribution < -0.4 is 16.0 Å². The average molecular weight is 468 g/mol. The third kappa shape index (κ3) is 4.17. The summed E-state index contributed by atoms with van der Waals surface area (Å²) in [6.45, 7) is 3.53. The number of fused-ring (bicyclic) bond motifs is 1. The van der Waals surface area contributed by atoms with Crippen LogP contribution in [-0.2, 0) is 10.0 Å². The highest BCUT2D eigenvalue weighted by Crippen LogP contribution is 2.29. The molecule has 170 valence electrons. The number of nitrogens with zero attached hydrogens (tertiary/aromatic N) is 3. The summed E-state index contributed by atoms with van der Waals surface area (Å²) >= 11 is 0. The molecule has 2 aromatic carbocycles. The second-order valence-electron chi connectivity index (χ2n) is 8.00. The summed E-state index contributed by atoms with van der Waals surface area (Å²) in [6, 6.07) is 15.5. The molecule has 0 fully saturated rings. The van der Waals surface area contributed by atoms with E-state index in [9.17, 15) is 17.6 Å². The molecule has 0 saturated heterocycles. The van der Waals surface area contributed by atoms with Crippen LogP contribution in [0.3, 0.4) is 0 Å². The number of nitrogens with two attached hydrogens (primary N) is 1. The van der Waals surface area contributed by atoms with Gasteiger partial charge in [-0.05, 0) is 56.7 Å². The Balaban J connectivity index is 1.84. The summed E-state index contributed by atoms with van der Waals surface area (Å²) in [5.74, 6) is 0.0639. The third-order valence-electron chi connectivity index (χ3n) is 5.21. The minimum absolute atomic E-state index is 0.0639. The first-order valence-electron chi connectivity index (χ1n) is 10.0. The highest BCUT2D eigenvalue weighted by Gasteiger charge is 2.34. The van der Waals surface area contributed by atoms with Gasteiger partial charge in [0.15, 0.2) is 0 Å². The van der Waals surface area contributed by atoms with Crippen molar-refractivity contribution in [2.24, 2.45) is 0 Å². The number of para-hydroxylation sites is 1. The molecule has 0 spiro atoms. The monoisotopic (exact) mass is 467 g/mol. The Kier molecular flexibility index (Phi) is 5.41. The van der Waals surface area contributed by atoms with E-state index in [1.165, 1.54) is 4.57 Å². The third-order valence-corrected chi connectivity index (χ3v) is 6.98. The predicted octanol–water partition coefficient (Wildman–Crippen LogP) is 3.79. The van der Waals surface area contributed by atoms with Crippen molar-refractivity contribution >= 4 is 32.6 Å². The molecule has 0 aliphatic carbocycles. The molecule has 0 unspecified atom stereocenters. The Morgan fingerprint density at radius 3 is 2.42 bits per heavy atom. The number of alkyl halides is 1. The number of nitrogen functional groups attached to an aromatic ring is 1. The molecule has 0 aliphatic rings. The van der Waals surface area contributed by atoms with Gasteiger partial charge >= 0.3 is 0 Å². The molecule has 8 nitrogen and oxygen atoms in total. The summed E-state index contributed by atoms with van der Waals surface area (Å²) in [5, 5.41) is -2.15. The minimum Gasteiger partial charge on any atom is -0.369 e. The maximum absolute atomic E-state index is 14.1. The normalized spacial score (nSPS) is 12.1. The molecular weight excluding hydrogens is 445 g/mol. The van der Waals surface area contributed by atoms with Crippen molar-refractivity contribution in [3.63, 3.8) is 0 Å². The highest BCUT2D eigenvalue weighted by atomic mass is 32.2. The van der Waals surface area contributed by atoms with E-state index in [0.717, 1.165) is 13.8 Å². The Morgan fingerprint density at radius 1 is 1.06 bits per heavy atom. The fraction of sp³-hybridized carbons (Fsp3) is 0.174. The van der Waals surface area contributed by atoms with Gasteiger partial charge in [0.2, 0.25) is 10.9 Å². The van der Waals surface area contributed by atoms with Crippen LogP contribution in [0.1, 0.15) is 19.5 Å². The lowest BCUT2D eigenvalue weighted by Crippen LogP contribution is -2.32. The maximum Gasteiger partial charge on any atom is 0.267 e. The van der Waals surface area contributed by atoms with Crippen LogP contribution >= 0.6 is 0 Å². The molecule has 4 aromatic rings. The summed E-state index contributed by atoms with van der Waals surface area (Å²) in [7, 11) is -4.29. The number of aromatic nitrogens is 3. The second kappa shape index (κ2) is 7.96. The van der Waals surface area contributed by atoms with Crippen molar-refractivity contribution in [3.8, 4) is 16.8 Å². The SMILES string of the molecule is Cc1ncc(-c2ccc3nc(N)n(-c4ccccc4)c(=O)c3c2)cc1NS(=O)(=O)C(C)(C)F. The fourth-order valence-corrected chi connectivity index (χ4v) is 4.01. The zero-order valence-electron chi connectivity index (χ0n) is 18.2. The second-order valence-corrected chi connectivity index (χ2v) is 10.2. The zero-order valence-corrected chi connectivity index (χ0v) is 19.0. The molecule has 0 atom stereocenters.